The molecule has 1 N–H and O–H groups in total. The molecule has 0 heterocycles. The third-order valence-electron chi connectivity index (χ3n) is 2.57. The minimum absolute atomic E-state index is 0.0132. The molecule has 2 rings (SSSR count). The van der Waals surface area contributed by atoms with Crippen LogP contribution in [0.3, 0.4) is 0 Å². The van der Waals surface area contributed by atoms with Gasteiger partial charge >= 0.3 is 0 Å². The highest BCUT2D eigenvalue weighted by molar-refractivity contribution is 7.99. The van der Waals surface area contributed by atoms with Gasteiger partial charge in [0.05, 0.1) is 11.7 Å². The van der Waals surface area contributed by atoms with E-state index in [1.165, 1.54) is 30.8 Å². The van der Waals surface area contributed by atoms with Crippen molar-refractivity contribution in [3.8, 4) is 0 Å². The van der Waals surface area contributed by atoms with Crippen molar-refractivity contribution in [1.29, 1.82) is 0 Å². The summed E-state index contributed by atoms with van der Waals surface area (Å²) in [5.41, 5.74) is 0.448. The molecule has 0 radical (unpaired) electrons. The summed E-state index contributed by atoms with van der Waals surface area (Å²) in [6.45, 7) is 1.36. The minimum Gasteiger partial charge on any atom is -0.545 e. The number of carboxylic acids is 1. The van der Waals surface area contributed by atoms with Crippen LogP contribution in [0.5, 0.6) is 0 Å². The smallest absolute Gasteiger partial charge is 0.221 e. The van der Waals surface area contributed by atoms with E-state index in [-0.39, 0.29) is 11.5 Å². The number of aromatic carboxylic acids is 1. The second-order valence-corrected chi connectivity index (χ2v) is 5.79. The molecular formula is C15H11ClNO3S-. The highest BCUT2D eigenvalue weighted by Gasteiger charge is 2.08. The van der Waals surface area contributed by atoms with E-state index >= 15 is 0 Å². The van der Waals surface area contributed by atoms with Gasteiger partial charge in [-0.1, -0.05) is 29.4 Å². The van der Waals surface area contributed by atoms with Crippen LogP contribution in [-0.2, 0) is 4.79 Å². The molecule has 4 nitrogen and oxygen atoms in total. The number of nitrogens with one attached hydrogen (secondary N) is 1. The van der Waals surface area contributed by atoms with E-state index in [4.69, 9.17) is 11.6 Å². The van der Waals surface area contributed by atoms with Crippen molar-refractivity contribution in [2.75, 3.05) is 5.32 Å². The van der Waals surface area contributed by atoms with Gasteiger partial charge in [0.15, 0.2) is 0 Å². The highest BCUT2D eigenvalue weighted by atomic mass is 35.5. The fourth-order valence-electron chi connectivity index (χ4n) is 1.66. The summed E-state index contributed by atoms with van der Waals surface area (Å²) in [5, 5.41) is 14.2. The van der Waals surface area contributed by atoms with Crippen molar-refractivity contribution >= 4 is 40.9 Å². The first-order chi connectivity index (χ1) is 9.95. The summed E-state index contributed by atoms with van der Waals surface area (Å²) in [5.74, 6) is -1.56. The number of hydrogen-bond donors (Lipinski definition) is 1. The van der Waals surface area contributed by atoms with Gasteiger partial charge in [0.1, 0.15) is 0 Å². The lowest BCUT2D eigenvalue weighted by Crippen LogP contribution is -2.22. The zero-order chi connectivity index (χ0) is 15.4. The van der Waals surface area contributed by atoms with Crippen molar-refractivity contribution in [3.05, 3.63) is 53.1 Å². The molecule has 0 fully saturated rings. The molecule has 0 aromatic heterocycles. The van der Waals surface area contributed by atoms with Crippen LogP contribution in [0.1, 0.15) is 17.3 Å². The Balaban J connectivity index is 2.34. The number of halogens is 1. The molecule has 0 bridgehead atoms. The molecule has 0 aliphatic carbocycles. The Labute approximate surface area is 131 Å². The number of amides is 1. The topological polar surface area (TPSA) is 69.2 Å². The van der Waals surface area contributed by atoms with E-state index in [1.54, 1.807) is 18.2 Å². The van der Waals surface area contributed by atoms with Gasteiger partial charge in [-0.3, -0.25) is 4.79 Å². The van der Waals surface area contributed by atoms with Crippen molar-refractivity contribution in [1.82, 2.24) is 0 Å². The zero-order valence-electron chi connectivity index (χ0n) is 11.1. The van der Waals surface area contributed by atoms with Crippen LogP contribution in [0, 0.1) is 0 Å². The first-order valence-corrected chi connectivity index (χ1v) is 7.21. The second-order valence-electron chi connectivity index (χ2n) is 4.24. The fourth-order valence-corrected chi connectivity index (χ4v) is 2.67. The first kappa shape index (κ1) is 15.4. The van der Waals surface area contributed by atoms with E-state index in [0.717, 1.165) is 9.79 Å². The molecule has 0 unspecified atom stereocenters. The fraction of sp³-hybridized carbons (Fsp3) is 0.0667. The maximum absolute atomic E-state index is 11.2. The van der Waals surface area contributed by atoms with Crippen LogP contribution in [0.2, 0.25) is 5.02 Å². The van der Waals surface area contributed by atoms with Crippen molar-refractivity contribution in [2.24, 2.45) is 0 Å². The highest BCUT2D eigenvalue weighted by Crippen LogP contribution is 2.34. The Kier molecular flexibility index (Phi) is 4.88. The molecule has 0 aliphatic rings. The van der Waals surface area contributed by atoms with Gasteiger partial charge in [0, 0.05) is 21.7 Å². The molecule has 2 aromatic carbocycles. The lowest BCUT2D eigenvalue weighted by molar-refractivity contribution is -0.255. The molecule has 0 atom stereocenters. The Hall–Kier alpha value is -1.98. The van der Waals surface area contributed by atoms with Crippen LogP contribution in [0.4, 0.5) is 5.69 Å². The van der Waals surface area contributed by atoms with Crippen LogP contribution < -0.4 is 10.4 Å². The van der Waals surface area contributed by atoms with Gasteiger partial charge < -0.3 is 15.2 Å². The second kappa shape index (κ2) is 6.65. The Morgan fingerprint density at radius 2 is 1.81 bits per heavy atom. The van der Waals surface area contributed by atoms with E-state index in [9.17, 15) is 14.7 Å². The molecule has 0 saturated heterocycles. The van der Waals surface area contributed by atoms with E-state index in [0.29, 0.717) is 10.7 Å². The maximum Gasteiger partial charge on any atom is 0.221 e. The number of hydrogen-bond acceptors (Lipinski definition) is 4. The predicted molar refractivity (Wildman–Crippen MR) is 80.7 cm³/mol. The van der Waals surface area contributed by atoms with Crippen molar-refractivity contribution in [3.63, 3.8) is 0 Å². The van der Waals surface area contributed by atoms with Crippen molar-refractivity contribution < 1.29 is 14.7 Å². The lowest BCUT2D eigenvalue weighted by atomic mass is 10.2. The first-order valence-electron chi connectivity index (χ1n) is 6.02. The summed E-state index contributed by atoms with van der Waals surface area (Å²) in [6, 6.07) is 11.7. The van der Waals surface area contributed by atoms with Gasteiger partial charge in [-0.2, -0.15) is 0 Å². The number of carbonyl (C=O) groups is 2. The van der Waals surface area contributed by atoms with Crippen LogP contribution in [-0.4, -0.2) is 11.9 Å². The average Bonchev–Trinajstić information content (AvgIpc) is 2.42. The van der Waals surface area contributed by atoms with Crippen LogP contribution >= 0.6 is 23.4 Å². The minimum atomic E-state index is -1.29. The molecule has 0 saturated carbocycles. The maximum atomic E-state index is 11.2. The molecule has 0 spiro atoms. The van der Waals surface area contributed by atoms with E-state index in [2.05, 4.69) is 5.32 Å². The molecule has 1 amide bonds. The Morgan fingerprint density at radius 3 is 2.38 bits per heavy atom. The largest absolute Gasteiger partial charge is 0.545 e. The zero-order valence-corrected chi connectivity index (χ0v) is 12.6. The number of carboxylic acid groups (broad SMARTS) is 1. The summed E-state index contributed by atoms with van der Waals surface area (Å²) in [7, 11) is 0. The third-order valence-corrected chi connectivity index (χ3v) is 3.90. The molecule has 108 valence electrons. The number of rotatable bonds is 4. The normalized spacial score (nSPS) is 10.2. The quantitative estimate of drug-likeness (QED) is 0.940. The van der Waals surface area contributed by atoms with Gasteiger partial charge in [-0.25, -0.2) is 0 Å². The number of carbonyl (C=O) groups excluding carboxylic acids is 2. The van der Waals surface area contributed by atoms with Crippen molar-refractivity contribution in [2.45, 2.75) is 16.7 Å². The number of anilines is 1. The van der Waals surface area contributed by atoms with Gasteiger partial charge in [0.25, 0.3) is 0 Å². The third kappa shape index (κ3) is 4.24. The molecule has 0 aliphatic heterocycles. The monoisotopic (exact) mass is 320 g/mol. The van der Waals surface area contributed by atoms with Gasteiger partial charge in [-0.15, -0.1) is 0 Å². The molecular weight excluding hydrogens is 310 g/mol. The SMILES string of the molecule is CC(=O)Nc1cc(C(=O)[O-])ccc1Sc1ccc(Cl)cc1. The number of benzene rings is 2. The Morgan fingerprint density at radius 1 is 1.14 bits per heavy atom. The van der Waals surface area contributed by atoms with E-state index in [1.807, 2.05) is 12.1 Å². The molecule has 2 aromatic rings. The average molecular weight is 321 g/mol. The van der Waals surface area contributed by atoms with Gasteiger partial charge in [-0.05, 0) is 42.0 Å². The van der Waals surface area contributed by atoms with Crippen LogP contribution in [0.15, 0.2) is 52.3 Å². The lowest BCUT2D eigenvalue weighted by Gasteiger charge is -2.12. The molecule has 21 heavy (non-hydrogen) atoms. The summed E-state index contributed by atoms with van der Waals surface area (Å²) in [4.78, 5) is 23.8. The van der Waals surface area contributed by atoms with E-state index < -0.39 is 5.97 Å². The standard InChI is InChI=1S/C15H12ClNO3S/c1-9(18)17-13-8-10(15(19)20)2-7-14(13)21-12-5-3-11(16)4-6-12/h2-8H,1H3,(H,17,18)(H,19,20)/p-1. The predicted octanol–water partition coefficient (Wildman–Crippen LogP) is 2.81. The van der Waals surface area contributed by atoms with Gasteiger partial charge in [0.2, 0.25) is 5.91 Å². The summed E-state index contributed by atoms with van der Waals surface area (Å²) < 4.78 is 0. The Bertz CT molecular complexity index is 686. The summed E-state index contributed by atoms with van der Waals surface area (Å²) in [6.07, 6.45) is 0. The molecule has 6 heteroatoms. The van der Waals surface area contributed by atoms with Crippen LogP contribution in [0.25, 0.3) is 0 Å². The summed E-state index contributed by atoms with van der Waals surface area (Å²) >= 11 is 7.23.